The van der Waals surface area contributed by atoms with E-state index in [1.54, 1.807) is 0 Å². The summed E-state index contributed by atoms with van der Waals surface area (Å²) in [6.45, 7) is 5.35. The Kier molecular flexibility index (Phi) is 7.56. The molecule has 0 saturated heterocycles. The molecular weight excluding hydrogens is 414 g/mol. The molecule has 33 heavy (non-hydrogen) atoms. The van der Waals surface area contributed by atoms with Gasteiger partial charge in [-0.2, -0.15) is 0 Å². The monoisotopic (exact) mass is 451 g/mol. The maximum atomic E-state index is 13.2. The zero-order valence-electron chi connectivity index (χ0n) is 20.4. The number of allylic oxidation sites excluding steroid dienone is 4. The number of hydrogen-bond acceptors (Lipinski definition) is 5. The summed E-state index contributed by atoms with van der Waals surface area (Å²) in [6, 6.07) is 5.98. The molecule has 178 valence electrons. The van der Waals surface area contributed by atoms with Crippen LogP contribution in [0.4, 0.5) is 0 Å². The Balaban J connectivity index is 1.72. The van der Waals surface area contributed by atoms with Crippen LogP contribution in [0.1, 0.15) is 89.5 Å². The zero-order chi connectivity index (χ0) is 23.4. The molecule has 2 aliphatic carbocycles. The van der Waals surface area contributed by atoms with E-state index in [1.807, 2.05) is 32.2 Å². The molecule has 3 aliphatic rings. The molecule has 0 fully saturated rings. The smallest absolute Gasteiger partial charge is 0.161 e. The van der Waals surface area contributed by atoms with Crippen molar-refractivity contribution in [2.24, 2.45) is 0 Å². The molecule has 0 saturated carbocycles. The normalized spacial score (nSPS) is 19.1. The van der Waals surface area contributed by atoms with Crippen LogP contribution in [0.5, 0.6) is 11.5 Å². The Hall–Kier alpha value is -2.56. The molecule has 0 aromatic heterocycles. The van der Waals surface area contributed by atoms with Crippen molar-refractivity contribution in [1.29, 1.82) is 0 Å². The first-order chi connectivity index (χ1) is 16.1. The highest BCUT2D eigenvalue weighted by Crippen LogP contribution is 2.49. The summed E-state index contributed by atoms with van der Waals surface area (Å²) in [7, 11) is 2.03. The van der Waals surface area contributed by atoms with Gasteiger partial charge in [-0.15, -0.1) is 0 Å². The number of rotatable bonds is 9. The van der Waals surface area contributed by atoms with Crippen LogP contribution in [0.2, 0.25) is 0 Å². The van der Waals surface area contributed by atoms with Gasteiger partial charge in [0.05, 0.1) is 13.2 Å². The molecule has 0 atom stereocenters. The summed E-state index contributed by atoms with van der Waals surface area (Å²) in [4.78, 5) is 28.5. The highest BCUT2D eigenvalue weighted by atomic mass is 16.5. The lowest BCUT2D eigenvalue weighted by molar-refractivity contribution is -0.117. The fourth-order valence-electron chi connectivity index (χ4n) is 5.49. The van der Waals surface area contributed by atoms with Crippen molar-refractivity contribution < 1.29 is 19.1 Å². The summed E-state index contributed by atoms with van der Waals surface area (Å²) in [5.74, 6) is 1.47. The predicted molar refractivity (Wildman–Crippen MR) is 130 cm³/mol. The Morgan fingerprint density at radius 3 is 2.12 bits per heavy atom. The molecule has 1 aromatic rings. The van der Waals surface area contributed by atoms with Crippen molar-refractivity contribution in [3.8, 4) is 11.5 Å². The molecule has 0 unspecified atom stereocenters. The van der Waals surface area contributed by atoms with Crippen molar-refractivity contribution in [3.63, 3.8) is 0 Å². The molecule has 0 N–H and O–H groups in total. The number of carbonyl (C=O) groups is 2. The number of nitrogens with zero attached hydrogens (tertiary/aromatic N) is 1. The van der Waals surface area contributed by atoms with Crippen molar-refractivity contribution in [2.75, 3.05) is 20.3 Å². The molecule has 5 heteroatoms. The highest BCUT2D eigenvalue weighted by Gasteiger charge is 2.42. The van der Waals surface area contributed by atoms with E-state index in [1.165, 1.54) is 12.8 Å². The molecule has 4 rings (SSSR count). The van der Waals surface area contributed by atoms with Gasteiger partial charge in [-0.3, -0.25) is 9.59 Å². The van der Waals surface area contributed by atoms with E-state index in [2.05, 4.69) is 11.8 Å². The number of benzene rings is 1. The topological polar surface area (TPSA) is 55.8 Å². The fourth-order valence-corrected chi connectivity index (χ4v) is 5.49. The van der Waals surface area contributed by atoms with Crippen LogP contribution in [-0.4, -0.2) is 36.7 Å². The minimum atomic E-state index is -0.301. The lowest BCUT2D eigenvalue weighted by Crippen LogP contribution is -2.37. The molecule has 1 aromatic carbocycles. The number of unbranched alkanes of at least 4 members (excludes halogenated alkanes) is 3. The third kappa shape index (κ3) is 4.73. The number of ketones is 2. The van der Waals surface area contributed by atoms with E-state index in [-0.39, 0.29) is 17.5 Å². The molecule has 0 spiro atoms. The number of carbonyl (C=O) groups excluding carboxylic acids is 2. The van der Waals surface area contributed by atoms with Gasteiger partial charge < -0.3 is 14.4 Å². The molecule has 0 bridgehead atoms. The van der Waals surface area contributed by atoms with Gasteiger partial charge in [0.2, 0.25) is 0 Å². The van der Waals surface area contributed by atoms with E-state index in [0.29, 0.717) is 31.8 Å². The summed E-state index contributed by atoms with van der Waals surface area (Å²) in [6.07, 6.45) is 9.22. The van der Waals surface area contributed by atoms with Gasteiger partial charge in [-0.1, -0.05) is 32.3 Å². The van der Waals surface area contributed by atoms with Gasteiger partial charge in [0.25, 0.3) is 0 Å². The van der Waals surface area contributed by atoms with Crippen LogP contribution >= 0.6 is 0 Å². The maximum absolute atomic E-state index is 13.2. The zero-order valence-corrected chi connectivity index (χ0v) is 20.4. The van der Waals surface area contributed by atoms with E-state index >= 15 is 0 Å². The Labute approximate surface area is 197 Å². The summed E-state index contributed by atoms with van der Waals surface area (Å²) in [5.41, 5.74) is 4.77. The summed E-state index contributed by atoms with van der Waals surface area (Å²) >= 11 is 0. The quantitative estimate of drug-likeness (QED) is 0.425. The van der Waals surface area contributed by atoms with Crippen LogP contribution in [-0.2, 0) is 9.59 Å². The van der Waals surface area contributed by atoms with Gasteiger partial charge in [0.15, 0.2) is 23.1 Å². The SMILES string of the molecule is CCCCCCOc1ccc(C2C3=C(CCCC3=O)N(C)C3=C2C(=O)CCC3)cc1OCC. The molecule has 1 heterocycles. The number of Topliss-reactive ketones (excluding diaryl/α,β-unsaturated/α-hetero) is 2. The van der Waals surface area contributed by atoms with Crippen LogP contribution in [0.25, 0.3) is 0 Å². The van der Waals surface area contributed by atoms with E-state index in [9.17, 15) is 9.59 Å². The van der Waals surface area contributed by atoms with Gasteiger partial charge in [-0.25, -0.2) is 0 Å². The minimum absolute atomic E-state index is 0.173. The third-order valence-electron chi connectivity index (χ3n) is 7.10. The lowest BCUT2D eigenvalue weighted by atomic mass is 9.71. The van der Waals surface area contributed by atoms with Gasteiger partial charge in [0, 0.05) is 48.3 Å². The number of ether oxygens (including phenoxy) is 2. The Bertz CT molecular complexity index is 930. The maximum Gasteiger partial charge on any atom is 0.161 e. The Morgan fingerprint density at radius 1 is 0.848 bits per heavy atom. The van der Waals surface area contributed by atoms with E-state index < -0.39 is 0 Å². The second-order valence-electron chi connectivity index (χ2n) is 9.31. The van der Waals surface area contributed by atoms with Gasteiger partial charge >= 0.3 is 0 Å². The van der Waals surface area contributed by atoms with Gasteiger partial charge in [-0.05, 0) is 56.7 Å². The van der Waals surface area contributed by atoms with Crippen molar-refractivity contribution in [3.05, 3.63) is 46.3 Å². The standard InChI is InChI=1S/C28H37NO4/c1-4-6-7-8-17-33-24-16-15-19(18-25(24)32-5-2)26-27-20(11-9-13-22(27)30)29(3)21-12-10-14-23(31)28(21)26/h15-16,18,26H,4-14,17H2,1-3H3. The largest absolute Gasteiger partial charge is 0.490 e. The molecular formula is C28H37NO4. The second kappa shape index (κ2) is 10.6. The van der Waals surface area contributed by atoms with Crippen molar-refractivity contribution in [2.45, 2.75) is 84.0 Å². The number of hydrogen-bond donors (Lipinski definition) is 0. The van der Waals surface area contributed by atoms with Crippen LogP contribution < -0.4 is 9.47 Å². The van der Waals surface area contributed by atoms with Crippen LogP contribution in [0, 0.1) is 0 Å². The second-order valence-corrected chi connectivity index (χ2v) is 9.31. The minimum Gasteiger partial charge on any atom is -0.490 e. The lowest BCUT2D eigenvalue weighted by Gasteiger charge is -2.42. The van der Waals surface area contributed by atoms with E-state index in [4.69, 9.17) is 9.47 Å². The summed E-state index contributed by atoms with van der Waals surface area (Å²) < 4.78 is 12.0. The molecule has 0 amide bonds. The van der Waals surface area contributed by atoms with Crippen molar-refractivity contribution in [1.82, 2.24) is 4.90 Å². The first-order valence-corrected chi connectivity index (χ1v) is 12.7. The average Bonchev–Trinajstić information content (AvgIpc) is 2.81. The first kappa shape index (κ1) is 23.6. The first-order valence-electron chi connectivity index (χ1n) is 12.7. The van der Waals surface area contributed by atoms with Crippen LogP contribution in [0.15, 0.2) is 40.7 Å². The van der Waals surface area contributed by atoms with Crippen LogP contribution in [0.3, 0.4) is 0 Å². The highest BCUT2D eigenvalue weighted by molar-refractivity contribution is 6.06. The van der Waals surface area contributed by atoms with E-state index in [0.717, 1.165) is 72.4 Å². The molecule has 5 nitrogen and oxygen atoms in total. The molecule has 0 radical (unpaired) electrons. The van der Waals surface area contributed by atoms with Gasteiger partial charge in [0.1, 0.15) is 0 Å². The Morgan fingerprint density at radius 2 is 1.52 bits per heavy atom. The van der Waals surface area contributed by atoms with Crippen molar-refractivity contribution >= 4 is 11.6 Å². The third-order valence-corrected chi connectivity index (χ3v) is 7.10. The summed E-state index contributed by atoms with van der Waals surface area (Å²) in [5, 5.41) is 0. The average molecular weight is 452 g/mol. The predicted octanol–water partition coefficient (Wildman–Crippen LogP) is 6.09. The fraction of sp³-hybridized carbons (Fsp3) is 0.571. The molecule has 1 aliphatic heterocycles.